The van der Waals surface area contributed by atoms with Crippen LogP contribution in [-0.2, 0) is 19.0 Å². The van der Waals surface area contributed by atoms with E-state index in [1.807, 2.05) is 6.92 Å². The lowest BCUT2D eigenvalue weighted by atomic mass is 9.84. The average molecular weight is 282 g/mol. The van der Waals surface area contributed by atoms with Crippen molar-refractivity contribution in [1.29, 1.82) is 0 Å². The van der Waals surface area contributed by atoms with Gasteiger partial charge in [-0.1, -0.05) is 31.7 Å². The third kappa shape index (κ3) is 3.05. The predicted molar refractivity (Wildman–Crippen MR) is 73.2 cm³/mol. The zero-order valence-corrected chi connectivity index (χ0v) is 11.8. The predicted octanol–water partition coefficient (Wildman–Crippen LogP) is 2.46. The van der Waals surface area contributed by atoms with Crippen LogP contribution < -0.4 is 0 Å². The van der Waals surface area contributed by atoms with E-state index >= 15 is 0 Å². The molecule has 1 aliphatic rings. The van der Waals surface area contributed by atoms with Crippen LogP contribution in [0.15, 0.2) is 35.7 Å². The van der Waals surface area contributed by atoms with Crippen molar-refractivity contribution in [3.8, 4) is 0 Å². The van der Waals surface area contributed by atoms with Gasteiger partial charge in [0, 0.05) is 5.41 Å². The number of hydrogen-bond acceptors (Lipinski definition) is 4. The summed E-state index contributed by atoms with van der Waals surface area (Å²) in [6, 6.07) is 6.46. The smallest absolute Gasteiger partial charge is 0.296 e. The number of benzene rings is 1. The van der Waals surface area contributed by atoms with E-state index in [-0.39, 0.29) is 16.9 Å². The van der Waals surface area contributed by atoms with Gasteiger partial charge in [-0.2, -0.15) is 8.42 Å². The quantitative estimate of drug-likeness (QED) is 0.752. The Morgan fingerprint density at radius 3 is 2.42 bits per heavy atom. The van der Waals surface area contributed by atoms with Crippen LogP contribution in [0.1, 0.15) is 18.9 Å². The lowest BCUT2D eigenvalue weighted by Gasteiger charge is -2.39. The summed E-state index contributed by atoms with van der Waals surface area (Å²) in [4.78, 5) is 0.171. The van der Waals surface area contributed by atoms with Crippen LogP contribution in [0.3, 0.4) is 0 Å². The molecule has 19 heavy (non-hydrogen) atoms. The van der Waals surface area contributed by atoms with E-state index in [4.69, 9.17) is 8.92 Å². The molecule has 0 atom stereocenters. The van der Waals surface area contributed by atoms with Crippen LogP contribution in [0, 0.1) is 5.41 Å². The van der Waals surface area contributed by atoms with Crippen molar-refractivity contribution in [3.63, 3.8) is 0 Å². The highest BCUT2D eigenvalue weighted by Gasteiger charge is 2.38. The van der Waals surface area contributed by atoms with E-state index in [0.717, 1.165) is 12.0 Å². The van der Waals surface area contributed by atoms with Crippen LogP contribution in [0.25, 0.3) is 6.08 Å². The standard InChI is InChI=1S/C14H18O4S/c1-3-12-5-7-13(8-6-12)19(15,16)18-11-14(4-2)9-17-10-14/h3,5-8H,1,4,9-11H2,2H3. The van der Waals surface area contributed by atoms with Crippen molar-refractivity contribution in [1.82, 2.24) is 0 Å². The van der Waals surface area contributed by atoms with Gasteiger partial charge < -0.3 is 4.74 Å². The summed E-state index contributed by atoms with van der Waals surface area (Å²) in [5.41, 5.74) is 0.727. The highest BCUT2D eigenvalue weighted by molar-refractivity contribution is 7.86. The molecule has 0 aromatic heterocycles. The Labute approximate surface area is 114 Å². The van der Waals surface area contributed by atoms with Crippen LogP contribution in [0.5, 0.6) is 0 Å². The van der Waals surface area contributed by atoms with Gasteiger partial charge >= 0.3 is 0 Å². The number of hydrogen-bond donors (Lipinski definition) is 0. The summed E-state index contributed by atoms with van der Waals surface area (Å²) in [5.74, 6) is 0. The first-order valence-corrected chi connectivity index (χ1v) is 7.62. The zero-order chi connectivity index (χ0) is 13.9. The summed E-state index contributed by atoms with van der Waals surface area (Å²) < 4.78 is 34.4. The minimum Gasteiger partial charge on any atom is -0.380 e. The topological polar surface area (TPSA) is 52.6 Å². The van der Waals surface area contributed by atoms with Gasteiger partial charge in [-0.05, 0) is 24.1 Å². The fraction of sp³-hybridized carbons (Fsp3) is 0.429. The largest absolute Gasteiger partial charge is 0.380 e. The first-order valence-electron chi connectivity index (χ1n) is 6.21. The molecule has 0 unspecified atom stereocenters. The van der Waals surface area contributed by atoms with Gasteiger partial charge in [0.05, 0.1) is 24.7 Å². The average Bonchev–Trinajstić information content (AvgIpc) is 2.38. The molecule has 104 valence electrons. The molecule has 1 saturated heterocycles. The maximum absolute atomic E-state index is 12.0. The molecule has 1 fully saturated rings. The molecule has 0 aliphatic carbocycles. The molecule has 1 aromatic carbocycles. The minimum atomic E-state index is -3.69. The molecule has 0 N–H and O–H groups in total. The Kier molecular flexibility index (Phi) is 4.08. The number of ether oxygens (including phenoxy) is 1. The SMILES string of the molecule is C=Cc1ccc(S(=O)(=O)OCC2(CC)COC2)cc1. The van der Waals surface area contributed by atoms with Gasteiger partial charge in [0.2, 0.25) is 0 Å². The Morgan fingerprint density at radius 1 is 1.37 bits per heavy atom. The summed E-state index contributed by atoms with van der Waals surface area (Å²) >= 11 is 0. The van der Waals surface area contributed by atoms with Crippen LogP contribution in [0.2, 0.25) is 0 Å². The molecule has 2 rings (SSSR count). The van der Waals surface area contributed by atoms with Gasteiger partial charge in [0.25, 0.3) is 10.1 Å². The molecule has 0 radical (unpaired) electrons. The highest BCUT2D eigenvalue weighted by atomic mass is 32.2. The molecule has 1 heterocycles. The Bertz CT molecular complexity index is 536. The molecule has 0 bridgehead atoms. The molecular formula is C14H18O4S. The zero-order valence-electron chi connectivity index (χ0n) is 11.0. The van der Waals surface area contributed by atoms with E-state index in [9.17, 15) is 8.42 Å². The third-order valence-electron chi connectivity index (χ3n) is 3.49. The van der Waals surface area contributed by atoms with Crippen LogP contribution in [0.4, 0.5) is 0 Å². The number of rotatable bonds is 6. The summed E-state index contributed by atoms with van der Waals surface area (Å²) in [7, 11) is -3.69. The van der Waals surface area contributed by atoms with Crippen molar-refractivity contribution in [2.45, 2.75) is 18.2 Å². The van der Waals surface area contributed by atoms with Crippen molar-refractivity contribution in [2.24, 2.45) is 5.41 Å². The first kappa shape index (κ1) is 14.2. The molecule has 4 nitrogen and oxygen atoms in total. The Morgan fingerprint density at radius 2 is 2.00 bits per heavy atom. The molecule has 0 spiro atoms. The second-order valence-corrected chi connectivity index (χ2v) is 6.45. The molecule has 0 amide bonds. The maximum atomic E-state index is 12.0. The molecular weight excluding hydrogens is 264 g/mol. The van der Waals surface area contributed by atoms with Gasteiger partial charge in [0.1, 0.15) is 0 Å². The van der Waals surface area contributed by atoms with Crippen molar-refractivity contribution in [2.75, 3.05) is 19.8 Å². The van der Waals surface area contributed by atoms with Crippen LogP contribution in [-0.4, -0.2) is 28.2 Å². The Hall–Kier alpha value is -1.17. The second-order valence-electron chi connectivity index (χ2n) is 4.84. The summed E-state index contributed by atoms with van der Waals surface area (Å²) in [6.45, 7) is 6.94. The molecule has 1 aliphatic heterocycles. The van der Waals surface area contributed by atoms with Crippen molar-refractivity contribution >= 4 is 16.2 Å². The fourth-order valence-corrected chi connectivity index (χ4v) is 2.83. The van der Waals surface area contributed by atoms with Gasteiger partial charge in [-0.25, -0.2) is 0 Å². The summed E-state index contributed by atoms with van der Waals surface area (Å²) in [5, 5.41) is 0. The molecule has 5 heteroatoms. The lowest BCUT2D eigenvalue weighted by Crippen LogP contribution is -2.46. The molecule has 0 saturated carbocycles. The lowest BCUT2D eigenvalue weighted by molar-refractivity contribution is -0.132. The van der Waals surface area contributed by atoms with E-state index in [1.165, 1.54) is 12.1 Å². The highest BCUT2D eigenvalue weighted by Crippen LogP contribution is 2.32. The van der Waals surface area contributed by atoms with E-state index in [2.05, 4.69) is 6.58 Å². The Balaban J connectivity index is 2.07. The van der Waals surface area contributed by atoms with Crippen molar-refractivity contribution < 1.29 is 17.3 Å². The minimum absolute atomic E-state index is 0.145. The van der Waals surface area contributed by atoms with E-state index in [1.54, 1.807) is 18.2 Å². The van der Waals surface area contributed by atoms with Gasteiger partial charge in [-0.15, -0.1) is 0 Å². The fourth-order valence-electron chi connectivity index (χ4n) is 1.82. The molecule has 1 aromatic rings. The first-order chi connectivity index (χ1) is 9.01. The third-order valence-corrected chi connectivity index (χ3v) is 4.77. The second kappa shape index (κ2) is 5.45. The monoisotopic (exact) mass is 282 g/mol. The van der Waals surface area contributed by atoms with Gasteiger partial charge in [-0.3, -0.25) is 4.18 Å². The normalized spacial score (nSPS) is 17.7. The van der Waals surface area contributed by atoms with E-state index in [0.29, 0.717) is 13.2 Å². The van der Waals surface area contributed by atoms with Crippen molar-refractivity contribution in [3.05, 3.63) is 36.4 Å². The summed E-state index contributed by atoms with van der Waals surface area (Å²) in [6.07, 6.45) is 2.51. The van der Waals surface area contributed by atoms with Crippen LogP contribution >= 0.6 is 0 Å². The maximum Gasteiger partial charge on any atom is 0.296 e. The van der Waals surface area contributed by atoms with Gasteiger partial charge in [0.15, 0.2) is 0 Å². The van der Waals surface area contributed by atoms with E-state index < -0.39 is 10.1 Å².